The summed E-state index contributed by atoms with van der Waals surface area (Å²) in [5.41, 5.74) is 0. The Balaban J connectivity index is 2.51. The van der Waals surface area contributed by atoms with E-state index in [1.165, 1.54) is 38.5 Å². The average Bonchev–Trinajstić information content (AvgIpc) is 2.34. The van der Waals surface area contributed by atoms with Gasteiger partial charge in [0, 0.05) is 18.6 Å². The van der Waals surface area contributed by atoms with E-state index in [0.717, 1.165) is 31.1 Å². The minimum absolute atomic E-state index is 0.727. The van der Waals surface area contributed by atoms with E-state index >= 15 is 0 Å². The predicted octanol–water partition coefficient (Wildman–Crippen LogP) is 3.28. The van der Waals surface area contributed by atoms with Gasteiger partial charge in [-0.15, -0.1) is 0 Å². The van der Waals surface area contributed by atoms with E-state index in [9.17, 15) is 0 Å². The van der Waals surface area contributed by atoms with Crippen LogP contribution in [0.2, 0.25) is 0 Å². The quantitative estimate of drug-likeness (QED) is 0.735. The molecule has 1 fully saturated rings. The van der Waals surface area contributed by atoms with Gasteiger partial charge in [-0.3, -0.25) is 4.90 Å². The number of hydrogen-bond acceptors (Lipinski definition) is 2. The molecule has 3 atom stereocenters. The molecule has 0 bridgehead atoms. The van der Waals surface area contributed by atoms with Gasteiger partial charge in [0.05, 0.1) is 0 Å². The first-order valence-corrected chi connectivity index (χ1v) is 7.63. The lowest BCUT2D eigenvalue weighted by Crippen LogP contribution is -2.48. The summed E-state index contributed by atoms with van der Waals surface area (Å²) in [4.78, 5) is 2.68. The number of nitrogens with zero attached hydrogens (tertiary/aromatic N) is 1. The summed E-state index contributed by atoms with van der Waals surface area (Å²) < 4.78 is 0. The van der Waals surface area contributed by atoms with E-state index in [-0.39, 0.29) is 0 Å². The topological polar surface area (TPSA) is 15.3 Å². The maximum Gasteiger partial charge on any atom is 0.0220 e. The molecule has 0 aliphatic heterocycles. The molecule has 2 nitrogen and oxygen atoms in total. The molecule has 1 N–H and O–H groups in total. The Kier molecular flexibility index (Phi) is 7.14. The lowest BCUT2D eigenvalue weighted by Gasteiger charge is -2.41. The molecule has 0 aromatic heterocycles. The molecule has 0 radical (unpaired) electrons. The van der Waals surface area contributed by atoms with Crippen LogP contribution in [0.25, 0.3) is 0 Å². The third kappa shape index (κ3) is 4.59. The van der Waals surface area contributed by atoms with Gasteiger partial charge in [-0.05, 0) is 38.8 Å². The van der Waals surface area contributed by atoms with Crippen LogP contribution in [0.15, 0.2) is 0 Å². The molecule has 102 valence electrons. The standard InChI is InChI=1S/C15H32N2/c1-5-9-14(12-16-6-2)17(4)15-11-8-7-10-13(15)3/h13-16H,5-12H2,1-4H3. The zero-order valence-corrected chi connectivity index (χ0v) is 12.3. The third-order valence-electron chi connectivity index (χ3n) is 4.42. The highest BCUT2D eigenvalue weighted by Gasteiger charge is 2.28. The smallest absolute Gasteiger partial charge is 0.0220 e. The van der Waals surface area contributed by atoms with Crippen LogP contribution >= 0.6 is 0 Å². The van der Waals surface area contributed by atoms with Crippen LogP contribution in [0.1, 0.15) is 59.3 Å². The Morgan fingerprint density at radius 3 is 2.53 bits per heavy atom. The summed E-state index contributed by atoms with van der Waals surface area (Å²) in [5, 5.41) is 3.53. The van der Waals surface area contributed by atoms with Crippen molar-refractivity contribution < 1.29 is 0 Å². The zero-order chi connectivity index (χ0) is 12.7. The van der Waals surface area contributed by atoms with Gasteiger partial charge in [-0.1, -0.05) is 40.0 Å². The third-order valence-corrected chi connectivity index (χ3v) is 4.42. The van der Waals surface area contributed by atoms with Crippen LogP contribution in [0, 0.1) is 5.92 Å². The van der Waals surface area contributed by atoms with Crippen LogP contribution in [0.4, 0.5) is 0 Å². The Bertz CT molecular complexity index is 193. The molecule has 0 heterocycles. The van der Waals surface area contributed by atoms with E-state index in [4.69, 9.17) is 0 Å². The Morgan fingerprint density at radius 1 is 1.24 bits per heavy atom. The molecule has 3 unspecified atom stereocenters. The highest BCUT2D eigenvalue weighted by atomic mass is 15.2. The first kappa shape index (κ1) is 15.0. The summed E-state index contributed by atoms with van der Waals surface area (Å²) in [6, 6.07) is 1.55. The van der Waals surface area contributed by atoms with Crippen molar-refractivity contribution in [2.75, 3.05) is 20.1 Å². The fourth-order valence-electron chi connectivity index (χ4n) is 3.27. The maximum atomic E-state index is 3.53. The molecule has 1 saturated carbocycles. The minimum Gasteiger partial charge on any atom is -0.315 e. The van der Waals surface area contributed by atoms with Crippen molar-refractivity contribution in [2.45, 2.75) is 71.4 Å². The van der Waals surface area contributed by atoms with Gasteiger partial charge < -0.3 is 5.32 Å². The lowest BCUT2D eigenvalue weighted by atomic mass is 9.84. The molecule has 0 aromatic rings. The van der Waals surface area contributed by atoms with Crippen LogP contribution in [-0.4, -0.2) is 37.1 Å². The molecule has 1 rings (SSSR count). The van der Waals surface area contributed by atoms with Crippen molar-refractivity contribution in [3.63, 3.8) is 0 Å². The van der Waals surface area contributed by atoms with E-state index in [2.05, 4.69) is 38.0 Å². The minimum atomic E-state index is 0.727. The van der Waals surface area contributed by atoms with Crippen molar-refractivity contribution >= 4 is 0 Å². The second kappa shape index (κ2) is 8.10. The molecule has 0 saturated heterocycles. The maximum absolute atomic E-state index is 3.53. The van der Waals surface area contributed by atoms with Crippen LogP contribution < -0.4 is 5.32 Å². The molecule has 0 aromatic carbocycles. The number of hydrogen-bond donors (Lipinski definition) is 1. The largest absolute Gasteiger partial charge is 0.315 e. The van der Waals surface area contributed by atoms with Gasteiger partial charge in [0.1, 0.15) is 0 Å². The number of rotatable bonds is 7. The van der Waals surface area contributed by atoms with Gasteiger partial charge in [-0.25, -0.2) is 0 Å². The molecule has 0 spiro atoms. The van der Waals surface area contributed by atoms with Crippen molar-refractivity contribution in [1.82, 2.24) is 10.2 Å². The molecule has 2 heteroatoms. The van der Waals surface area contributed by atoms with Gasteiger partial charge in [-0.2, -0.15) is 0 Å². The molecular weight excluding hydrogens is 208 g/mol. The second-order valence-corrected chi connectivity index (χ2v) is 5.74. The van der Waals surface area contributed by atoms with Gasteiger partial charge in [0.25, 0.3) is 0 Å². The summed E-state index contributed by atoms with van der Waals surface area (Å²) >= 11 is 0. The lowest BCUT2D eigenvalue weighted by molar-refractivity contribution is 0.0909. The summed E-state index contributed by atoms with van der Waals surface area (Å²) in [7, 11) is 2.35. The Labute approximate surface area is 108 Å². The first-order chi connectivity index (χ1) is 8.20. The fourth-order valence-corrected chi connectivity index (χ4v) is 3.27. The normalized spacial score (nSPS) is 27.4. The predicted molar refractivity (Wildman–Crippen MR) is 76.4 cm³/mol. The number of nitrogens with one attached hydrogen (secondary N) is 1. The Hall–Kier alpha value is -0.0800. The van der Waals surface area contributed by atoms with Crippen LogP contribution in [0.3, 0.4) is 0 Å². The average molecular weight is 240 g/mol. The summed E-state index contributed by atoms with van der Waals surface area (Å²) in [6.45, 7) is 9.19. The second-order valence-electron chi connectivity index (χ2n) is 5.74. The molecule has 1 aliphatic carbocycles. The van der Waals surface area contributed by atoms with Gasteiger partial charge in [0.15, 0.2) is 0 Å². The Morgan fingerprint density at radius 2 is 1.94 bits per heavy atom. The van der Waals surface area contributed by atoms with E-state index in [1.54, 1.807) is 0 Å². The van der Waals surface area contributed by atoms with E-state index < -0.39 is 0 Å². The van der Waals surface area contributed by atoms with Crippen LogP contribution in [-0.2, 0) is 0 Å². The summed E-state index contributed by atoms with van der Waals surface area (Å²) in [6.07, 6.45) is 8.32. The molecule has 17 heavy (non-hydrogen) atoms. The highest BCUT2D eigenvalue weighted by Crippen LogP contribution is 2.29. The van der Waals surface area contributed by atoms with E-state index in [1.807, 2.05) is 0 Å². The molecular formula is C15H32N2. The molecule has 0 amide bonds. The van der Waals surface area contributed by atoms with Crippen molar-refractivity contribution in [2.24, 2.45) is 5.92 Å². The van der Waals surface area contributed by atoms with Crippen molar-refractivity contribution in [1.29, 1.82) is 0 Å². The van der Waals surface area contributed by atoms with Crippen molar-refractivity contribution in [3.05, 3.63) is 0 Å². The first-order valence-electron chi connectivity index (χ1n) is 7.63. The van der Waals surface area contributed by atoms with Gasteiger partial charge >= 0.3 is 0 Å². The van der Waals surface area contributed by atoms with E-state index in [0.29, 0.717) is 0 Å². The SMILES string of the molecule is CCCC(CNCC)N(C)C1CCCCC1C. The highest BCUT2D eigenvalue weighted by molar-refractivity contribution is 4.84. The fraction of sp³-hybridized carbons (Fsp3) is 1.00. The molecule has 1 aliphatic rings. The summed E-state index contributed by atoms with van der Waals surface area (Å²) in [5.74, 6) is 0.884. The number of likely N-dealkylation sites (N-methyl/N-ethyl adjacent to an activating group) is 2. The van der Waals surface area contributed by atoms with Gasteiger partial charge in [0.2, 0.25) is 0 Å². The monoisotopic (exact) mass is 240 g/mol. The zero-order valence-electron chi connectivity index (χ0n) is 12.3. The van der Waals surface area contributed by atoms with Crippen molar-refractivity contribution in [3.8, 4) is 0 Å². The van der Waals surface area contributed by atoms with Crippen LogP contribution in [0.5, 0.6) is 0 Å².